The lowest BCUT2D eigenvalue weighted by atomic mass is 10.2. The van der Waals surface area contributed by atoms with Crippen molar-refractivity contribution >= 4 is 40.4 Å². The van der Waals surface area contributed by atoms with E-state index in [1.807, 2.05) is 13.1 Å². The largest absolute Gasteiger partial charge is 0.343 e. The van der Waals surface area contributed by atoms with Gasteiger partial charge in [-0.15, -0.1) is 11.3 Å². The van der Waals surface area contributed by atoms with Gasteiger partial charge in [0.05, 0.1) is 11.6 Å². The number of pyridine rings is 1. The number of carbonyl (C=O) groups excluding carboxylic acids is 1. The molecule has 0 saturated heterocycles. The monoisotopic (exact) mass is 329 g/mol. The van der Waals surface area contributed by atoms with Gasteiger partial charge in [-0.05, 0) is 25.5 Å². The number of nitrogens with one attached hydrogen (secondary N) is 1. The molecule has 0 aromatic carbocycles. The third kappa shape index (κ3) is 3.48. The minimum atomic E-state index is -0.292. The van der Waals surface area contributed by atoms with E-state index >= 15 is 0 Å². The molecule has 0 fully saturated rings. The van der Waals surface area contributed by atoms with Crippen molar-refractivity contribution in [3.63, 3.8) is 0 Å². The number of rotatable bonds is 4. The van der Waals surface area contributed by atoms with Crippen LogP contribution in [0.1, 0.15) is 40.1 Å². The molecule has 2 heterocycles. The standard InChI is InChI=1S/C13H13Cl2N3OS/c1-3-8-6-16-13(20-8)7(2)17-12(19)9-4-5-10(14)18-11(9)15/h4-7H,3H2,1-2H3,(H,17,19). The van der Waals surface area contributed by atoms with Crippen LogP contribution in [0.2, 0.25) is 10.3 Å². The highest BCUT2D eigenvalue weighted by Gasteiger charge is 2.17. The Morgan fingerprint density at radius 1 is 1.45 bits per heavy atom. The lowest BCUT2D eigenvalue weighted by molar-refractivity contribution is 0.0939. The first-order valence-electron chi connectivity index (χ1n) is 6.08. The number of thiazole rings is 1. The van der Waals surface area contributed by atoms with Crippen LogP contribution in [0, 0.1) is 0 Å². The second kappa shape index (κ2) is 6.52. The molecule has 0 aliphatic rings. The number of nitrogens with zero attached hydrogens (tertiary/aromatic N) is 2. The maximum Gasteiger partial charge on any atom is 0.254 e. The predicted molar refractivity (Wildman–Crippen MR) is 81.6 cm³/mol. The first kappa shape index (κ1) is 15.2. The van der Waals surface area contributed by atoms with Crippen molar-refractivity contribution in [2.75, 3.05) is 0 Å². The Balaban J connectivity index is 2.10. The number of hydrogen-bond donors (Lipinski definition) is 1. The van der Waals surface area contributed by atoms with Gasteiger partial charge in [-0.1, -0.05) is 30.1 Å². The Labute approximate surface area is 131 Å². The Morgan fingerprint density at radius 2 is 2.20 bits per heavy atom. The van der Waals surface area contributed by atoms with Gasteiger partial charge >= 0.3 is 0 Å². The highest BCUT2D eigenvalue weighted by atomic mass is 35.5. The van der Waals surface area contributed by atoms with E-state index in [4.69, 9.17) is 23.2 Å². The van der Waals surface area contributed by atoms with Crippen LogP contribution < -0.4 is 5.32 Å². The maximum absolute atomic E-state index is 12.1. The van der Waals surface area contributed by atoms with Crippen molar-refractivity contribution in [1.29, 1.82) is 0 Å². The zero-order chi connectivity index (χ0) is 14.7. The molecule has 0 bridgehead atoms. The van der Waals surface area contributed by atoms with Gasteiger partial charge in [-0.25, -0.2) is 9.97 Å². The predicted octanol–water partition coefficient (Wildman–Crippen LogP) is 3.90. The molecule has 4 nitrogen and oxygen atoms in total. The summed E-state index contributed by atoms with van der Waals surface area (Å²) in [6, 6.07) is 2.91. The minimum Gasteiger partial charge on any atom is -0.343 e. The summed E-state index contributed by atoms with van der Waals surface area (Å²) >= 11 is 13.2. The molecule has 7 heteroatoms. The van der Waals surface area contributed by atoms with Gasteiger partial charge in [0.25, 0.3) is 5.91 Å². The highest BCUT2D eigenvalue weighted by Crippen LogP contribution is 2.22. The number of aryl methyl sites for hydroxylation is 1. The molecule has 1 atom stereocenters. The molecular weight excluding hydrogens is 317 g/mol. The summed E-state index contributed by atoms with van der Waals surface area (Å²) in [6.45, 7) is 3.95. The quantitative estimate of drug-likeness (QED) is 0.865. The van der Waals surface area contributed by atoms with Gasteiger partial charge < -0.3 is 5.32 Å². The van der Waals surface area contributed by atoms with Crippen molar-refractivity contribution in [1.82, 2.24) is 15.3 Å². The molecule has 2 aromatic rings. The summed E-state index contributed by atoms with van der Waals surface area (Å²) in [6.07, 6.45) is 2.77. The van der Waals surface area contributed by atoms with Gasteiger partial charge in [-0.2, -0.15) is 0 Å². The summed E-state index contributed by atoms with van der Waals surface area (Å²) in [5, 5.41) is 4.07. The molecule has 106 valence electrons. The summed E-state index contributed by atoms with van der Waals surface area (Å²) in [5.41, 5.74) is 0.301. The van der Waals surface area contributed by atoms with E-state index in [2.05, 4.69) is 22.2 Å². The Morgan fingerprint density at radius 3 is 2.80 bits per heavy atom. The van der Waals surface area contributed by atoms with E-state index in [1.54, 1.807) is 17.4 Å². The van der Waals surface area contributed by atoms with Crippen molar-refractivity contribution in [2.24, 2.45) is 0 Å². The molecular formula is C13H13Cl2N3OS. The number of hydrogen-bond acceptors (Lipinski definition) is 4. The van der Waals surface area contributed by atoms with Crippen molar-refractivity contribution in [3.05, 3.63) is 44.1 Å². The van der Waals surface area contributed by atoms with Crippen LogP contribution in [-0.2, 0) is 6.42 Å². The summed E-state index contributed by atoms with van der Waals surface area (Å²) in [4.78, 5) is 21.5. The van der Waals surface area contributed by atoms with E-state index < -0.39 is 0 Å². The molecule has 1 unspecified atom stereocenters. The normalized spacial score (nSPS) is 12.2. The van der Waals surface area contributed by atoms with Gasteiger partial charge in [0.1, 0.15) is 15.3 Å². The lowest BCUT2D eigenvalue weighted by Gasteiger charge is -2.11. The molecule has 0 spiro atoms. The molecule has 0 aliphatic carbocycles. The molecule has 0 radical (unpaired) electrons. The number of amides is 1. The average Bonchev–Trinajstić information content (AvgIpc) is 2.87. The third-order valence-corrected chi connectivity index (χ3v) is 4.52. The summed E-state index contributed by atoms with van der Waals surface area (Å²) in [7, 11) is 0. The van der Waals surface area contributed by atoms with Gasteiger partial charge in [0, 0.05) is 11.1 Å². The van der Waals surface area contributed by atoms with Crippen LogP contribution in [0.5, 0.6) is 0 Å². The second-order valence-electron chi connectivity index (χ2n) is 4.19. The zero-order valence-corrected chi connectivity index (χ0v) is 13.3. The third-order valence-electron chi connectivity index (χ3n) is 2.70. The molecule has 2 rings (SSSR count). The number of halogens is 2. The van der Waals surface area contributed by atoms with Crippen LogP contribution in [-0.4, -0.2) is 15.9 Å². The van der Waals surface area contributed by atoms with Gasteiger partial charge in [0.15, 0.2) is 0 Å². The van der Waals surface area contributed by atoms with Crippen LogP contribution >= 0.6 is 34.5 Å². The van der Waals surface area contributed by atoms with E-state index in [0.29, 0.717) is 5.56 Å². The first-order valence-corrected chi connectivity index (χ1v) is 7.66. The highest BCUT2D eigenvalue weighted by molar-refractivity contribution is 7.11. The van der Waals surface area contributed by atoms with Crippen LogP contribution in [0.3, 0.4) is 0 Å². The molecule has 20 heavy (non-hydrogen) atoms. The minimum absolute atomic E-state index is 0.0931. The zero-order valence-electron chi connectivity index (χ0n) is 11.0. The van der Waals surface area contributed by atoms with Crippen LogP contribution in [0.25, 0.3) is 0 Å². The maximum atomic E-state index is 12.1. The van der Waals surface area contributed by atoms with E-state index in [9.17, 15) is 4.79 Å². The fraction of sp³-hybridized carbons (Fsp3) is 0.308. The Bertz CT molecular complexity index is 630. The van der Waals surface area contributed by atoms with Crippen molar-refractivity contribution in [2.45, 2.75) is 26.3 Å². The molecule has 2 aromatic heterocycles. The number of carbonyl (C=O) groups is 1. The SMILES string of the molecule is CCc1cnc(C(C)NC(=O)c2ccc(Cl)nc2Cl)s1. The Kier molecular flexibility index (Phi) is 4.96. The molecule has 0 aliphatic heterocycles. The first-order chi connectivity index (χ1) is 9.51. The molecule has 1 amide bonds. The summed E-state index contributed by atoms with van der Waals surface area (Å²) < 4.78 is 0. The Hall–Kier alpha value is -1.17. The molecule has 0 saturated carbocycles. The van der Waals surface area contributed by atoms with E-state index in [0.717, 1.165) is 11.4 Å². The number of aromatic nitrogens is 2. The van der Waals surface area contributed by atoms with Gasteiger partial charge in [0.2, 0.25) is 0 Å². The van der Waals surface area contributed by atoms with E-state index in [-0.39, 0.29) is 22.3 Å². The van der Waals surface area contributed by atoms with Crippen LogP contribution in [0.4, 0.5) is 0 Å². The van der Waals surface area contributed by atoms with Gasteiger partial charge in [-0.3, -0.25) is 4.79 Å². The van der Waals surface area contributed by atoms with Crippen molar-refractivity contribution in [3.8, 4) is 0 Å². The molecule has 1 N–H and O–H groups in total. The lowest BCUT2D eigenvalue weighted by Crippen LogP contribution is -2.27. The van der Waals surface area contributed by atoms with E-state index in [1.165, 1.54) is 10.9 Å². The topological polar surface area (TPSA) is 54.9 Å². The van der Waals surface area contributed by atoms with Crippen molar-refractivity contribution < 1.29 is 4.79 Å². The fourth-order valence-electron chi connectivity index (χ4n) is 1.60. The summed E-state index contributed by atoms with van der Waals surface area (Å²) in [5.74, 6) is -0.292. The second-order valence-corrected chi connectivity index (χ2v) is 6.08. The smallest absolute Gasteiger partial charge is 0.254 e. The fourth-order valence-corrected chi connectivity index (χ4v) is 2.89. The average molecular weight is 330 g/mol. The van der Waals surface area contributed by atoms with Crippen LogP contribution in [0.15, 0.2) is 18.3 Å².